The zero-order valence-corrected chi connectivity index (χ0v) is 15.5. The van der Waals surface area contributed by atoms with Gasteiger partial charge in [0.25, 0.3) is 0 Å². The van der Waals surface area contributed by atoms with Crippen LogP contribution in [0.25, 0.3) is 5.57 Å². The molecule has 8 heteroatoms. The minimum absolute atomic E-state index is 0.0422. The van der Waals surface area contributed by atoms with Gasteiger partial charge in [-0.15, -0.1) is 11.3 Å². The zero-order chi connectivity index (χ0) is 18.2. The summed E-state index contributed by atoms with van der Waals surface area (Å²) in [6, 6.07) is 3.63. The quantitative estimate of drug-likeness (QED) is 0.296. The monoisotopic (exact) mass is 412 g/mol. The third kappa shape index (κ3) is 4.14. The summed E-state index contributed by atoms with van der Waals surface area (Å²) < 4.78 is 40.2. The van der Waals surface area contributed by atoms with E-state index < -0.39 is 17.5 Å². The van der Waals surface area contributed by atoms with Crippen molar-refractivity contribution in [1.29, 1.82) is 0 Å². The second-order valence-electron chi connectivity index (χ2n) is 5.02. The number of aryl methyl sites for hydroxylation is 2. The van der Waals surface area contributed by atoms with Crippen molar-refractivity contribution in [3.63, 3.8) is 0 Å². The van der Waals surface area contributed by atoms with Gasteiger partial charge in [0.05, 0.1) is 25.5 Å². The highest BCUT2D eigenvalue weighted by Crippen LogP contribution is 2.39. The van der Waals surface area contributed by atoms with Gasteiger partial charge < -0.3 is 0 Å². The molecular formula is C16H10Cl3F3OS. The Bertz CT molecular complexity index is 795. The van der Waals surface area contributed by atoms with Crippen molar-refractivity contribution in [1.82, 2.24) is 0 Å². The average Bonchev–Trinajstić information content (AvgIpc) is 2.80. The van der Waals surface area contributed by atoms with Crippen LogP contribution in [0.3, 0.4) is 0 Å². The molecular weight excluding hydrogens is 404 g/mol. The number of benzene rings is 1. The van der Waals surface area contributed by atoms with Crippen LogP contribution in [0.15, 0.2) is 24.3 Å². The number of hydrogen-bond acceptors (Lipinski definition) is 2. The first kappa shape index (κ1) is 19.3. The number of carbonyl (C=O) groups excluding carboxylic acids is 1. The van der Waals surface area contributed by atoms with Gasteiger partial charge in [0, 0.05) is 4.88 Å². The summed E-state index contributed by atoms with van der Waals surface area (Å²) in [5.74, 6) is -0.731. The normalized spacial score (nSPS) is 12.6. The first-order chi connectivity index (χ1) is 11.0. The molecule has 0 saturated carbocycles. The molecule has 1 nitrogen and oxygen atoms in total. The number of rotatable bonds is 3. The van der Waals surface area contributed by atoms with Gasteiger partial charge in [-0.05, 0) is 49.2 Å². The van der Waals surface area contributed by atoms with E-state index in [0.717, 1.165) is 33.9 Å². The van der Waals surface area contributed by atoms with Crippen molar-refractivity contribution >= 4 is 57.5 Å². The van der Waals surface area contributed by atoms with Crippen LogP contribution in [-0.2, 0) is 0 Å². The fraction of sp³-hybridized carbons (Fsp3) is 0.188. The van der Waals surface area contributed by atoms with Gasteiger partial charge >= 0.3 is 6.18 Å². The third-order valence-corrected chi connectivity index (χ3v) is 5.65. The minimum atomic E-state index is -4.75. The summed E-state index contributed by atoms with van der Waals surface area (Å²) >= 11 is 18.5. The molecule has 0 unspecified atom stereocenters. The Morgan fingerprint density at radius 3 is 2.04 bits per heavy atom. The molecule has 0 saturated heterocycles. The second kappa shape index (κ2) is 7.08. The Morgan fingerprint density at radius 2 is 1.62 bits per heavy atom. The first-order valence-corrected chi connectivity index (χ1v) is 8.51. The van der Waals surface area contributed by atoms with Crippen molar-refractivity contribution in [2.24, 2.45) is 0 Å². The number of allylic oxidation sites excluding steroid dienone is 2. The lowest BCUT2D eigenvalue weighted by atomic mass is 10.0. The van der Waals surface area contributed by atoms with Crippen LogP contribution in [-0.4, -0.2) is 12.0 Å². The number of carbonyl (C=O) groups is 1. The summed E-state index contributed by atoms with van der Waals surface area (Å²) in [5, 5.41) is -0.284. The van der Waals surface area contributed by atoms with E-state index in [1.54, 1.807) is 19.9 Å². The van der Waals surface area contributed by atoms with Gasteiger partial charge in [0.1, 0.15) is 0 Å². The SMILES string of the molecule is Cc1cc(C(=O)C=C(c2cc(Cl)c(Cl)c(Cl)c2)C(F)(F)F)sc1C. The van der Waals surface area contributed by atoms with Crippen LogP contribution in [0.5, 0.6) is 0 Å². The Labute approximate surface area is 155 Å². The molecule has 0 fully saturated rings. The van der Waals surface area contributed by atoms with Crippen LogP contribution in [0.4, 0.5) is 13.2 Å². The Morgan fingerprint density at radius 1 is 1.08 bits per heavy atom. The van der Waals surface area contributed by atoms with Crippen LogP contribution < -0.4 is 0 Å². The Hall–Kier alpha value is -1.01. The first-order valence-electron chi connectivity index (χ1n) is 6.56. The average molecular weight is 414 g/mol. The van der Waals surface area contributed by atoms with Crippen LogP contribution in [0.1, 0.15) is 25.7 Å². The summed E-state index contributed by atoms with van der Waals surface area (Å²) in [5.41, 5.74) is -0.597. The highest BCUT2D eigenvalue weighted by Gasteiger charge is 2.36. The maximum Gasteiger partial charge on any atom is 0.417 e. The highest BCUT2D eigenvalue weighted by atomic mass is 35.5. The number of alkyl halides is 3. The van der Waals surface area contributed by atoms with Crippen molar-refractivity contribution in [2.75, 3.05) is 0 Å². The zero-order valence-electron chi connectivity index (χ0n) is 12.4. The fourth-order valence-electron chi connectivity index (χ4n) is 1.94. The number of hydrogen-bond donors (Lipinski definition) is 0. The Kier molecular flexibility index (Phi) is 5.70. The molecule has 0 aliphatic rings. The molecule has 2 rings (SSSR count). The molecule has 2 aromatic rings. The lowest BCUT2D eigenvalue weighted by Gasteiger charge is -2.13. The van der Waals surface area contributed by atoms with Crippen LogP contribution >= 0.6 is 46.1 Å². The van der Waals surface area contributed by atoms with E-state index >= 15 is 0 Å². The summed E-state index contributed by atoms with van der Waals surface area (Å²) in [7, 11) is 0. The largest absolute Gasteiger partial charge is 0.417 e. The molecule has 0 N–H and O–H groups in total. The lowest BCUT2D eigenvalue weighted by Crippen LogP contribution is -2.12. The summed E-state index contributed by atoms with van der Waals surface area (Å²) in [6.45, 7) is 3.58. The molecule has 128 valence electrons. The third-order valence-electron chi connectivity index (χ3n) is 3.28. The second-order valence-corrected chi connectivity index (χ2v) is 7.47. The molecule has 0 radical (unpaired) electrons. The highest BCUT2D eigenvalue weighted by molar-refractivity contribution is 7.14. The predicted molar refractivity (Wildman–Crippen MR) is 93.6 cm³/mol. The van der Waals surface area contributed by atoms with Crippen LogP contribution in [0, 0.1) is 13.8 Å². The molecule has 1 heterocycles. The summed E-state index contributed by atoms with van der Waals surface area (Å²) in [6.07, 6.45) is -4.20. The van der Waals surface area contributed by atoms with E-state index in [4.69, 9.17) is 34.8 Å². The van der Waals surface area contributed by atoms with Gasteiger partial charge in [0.15, 0.2) is 5.78 Å². The van der Waals surface area contributed by atoms with E-state index in [2.05, 4.69) is 0 Å². The van der Waals surface area contributed by atoms with Gasteiger partial charge in [-0.25, -0.2) is 0 Å². The molecule has 0 bridgehead atoms. The van der Waals surface area contributed by atoms with Crippen molar-refractivity contribution < 1.29 is 18.0 Å². The molecule has 0 aliphatic carbocycles. The number of ketones is 1. The topological polar surface area (TPSA) is 17.1 Å². The van der Waals surface area contributed by atoms with E-state index in [1.807, 2.05) is 0 Å². The van der Waals surface area contributed by atoms with E-state index in [0.29, 0.717) is 6.08 Å². The number of halogens is 6. The fourth-order valence-corrected chi connectivity index (χ4v) is 3.48. The minimum Gasteiger partial charge on any atom is -0.288 e. The lowest BCUT2D eigenvalue weighted by molar-refractivity contribution is -0.0689. The van der Waals surface area contributed by atoms with Crippen LogP contribution in [0.2, 0.25) is 15.1 Å². The molecule has 24 heavy (non-hydrogen) atoms. The van der Waals surface area contributed by atoms with Crippen molar-refractivity contribution in [3.8, 4) is 0 Å². The van der Waals surface area contributed by atoms with Gasteiger partial charge in [-0.2, -0.15) is 13.2 Å². The smallest absolute Gasteiger partial charge is 0.288 e. The maximum absolute atomic E-state index is 13.4. The van der Waals surface area contributed by atoms with Gasteiger partial charge in [-0.1, -0.05) is 34.8 Å². The summed E-state index contributed by atoms with van der Waals surface area (Å²) in [4.78, 5) is 13.3. The molecule has 0 amide bonds. The van der Waals surface area contributed by atoms with Gasteiger partial charge in [0.2, 0.25) is 0 Å². The molecule has 0 spiro atoms. The van der Waals surface area contributed by atoms with Crippen molar-refractivity contribution in [3.05, 3.63) is 60.2 Å². The van der Waals surface area contributed by atoms with E-state index in [9.17, 15) is 18.0 Å². The predicted octanol–water partition coefficient (Wildman–Crippen LogP) is 7.15. The van der Waals surface area contributed by atoms with E-state index in [-0.39, 0.29) is 25.5 Å². The van der Waals surface area contributed by atoms with E-state index in [1.165, 1.54) is 0 Å². The molecule has 1 aromatic heterocycles. The Balaban J connectivity index is 2.55. The number of thiophene rings is 1. The maximum atomic E-state index is 13.4. The molecule has 0 atom stereocenters. The molecule has 0 aliphatic heterocycles. The van der Waals surface area contributed by atoms with Gasteiger partial charge in [-0.3, -0.25) is 4.79 Å². The van der Waals surface area contributed by atoms with Crippen molar-refractivity contribution in [2.45, 2.75) is 20.0 Å². The standard InChI is InChI=1S/C16H10Cl3F3OS/c1-7-3-14(24-8(7)2)13(23)6-10(16(20,21)22)9-4-11(17)15(19)12(18)5-9/h3-6H,1-2H3. The molecule has 1 aromatic carbocycles.